The van der Waals surface area contributed by atoms with Gasteiger partial charge in [0, 0.05) is 22.3 Å². The van der Waals surface area contributed by atoms with E-state index >= 15 is 0 Å². The molecule has 0 radical (unpaired) electrons. The number of aromatic nitrogens is 4. The van der Waals surface area contributed by atoms with Crippen molar-refractivity contribution in [2.45, 2.75) is 5.41 Å². The molecule has 0 N–H and O–H groups in total. The summed E-state index contributed by atoms with van der Waals surface area (Å²) in [5.41, 5.74) is 16.2. The normalized spacial score (nSPS) is 15.0. The van der Waals surface area contributed by atoms with Crippen molar-refractivity contribution in [3.05, 3.63) is 204 Å². The Balaban J connectivity index is 1.22. The van der Waals surface area contributed by atoms with Gasteiger partial charge in [-0.1, -0.05) is 158 Å². The van der Waals surface area contributed by atoms with E-state index in [1.54, 1.807) is 0 Å². The molecule has 4 nitrogen and oxygen atoms in total. The highest BCUT2D eigenvalue weighted by molar-refractivity contribution is 5.98. The second-order valence-electron chi connectivity index (χ2n) is 13.6. The molecule has 2 aliphatic rings. The van der Waals surface area contributed by atoms with E-state index in [-0.39, 0.29) is 0 Å². The summed E-state index contributed by atoms with van der Waals surface area (Å²) in [7, 11) is 0. The Morgan fingerprint density at radius 3 is 1.75 bits per heavy atom. The standard InChI is InChI=1S/C48H30N4/c1-4-15-31(16-5-1)42-30-43(50-46(49-42)32-17-6-2-7-18-32)34-27-28-36-35-21-10-11-22-37(35)48(40(36)29-34)38-23-12-13-26-44(38)52-45-39(48)24-14-25-41(45)51-47(52)33-19-8-3-9-20-33/h1-30H. The molecule has 7 aromatic carbocycles. The molecular formula is C48H30N4. The highest BCUT2D eigenvalue weighted by Gasteiger charge is 2.51. The number of imidazole rings is 1. The van der Waals surface area contributed by atoms with E-state index in [2.05, 4.69) is 162 Å². The topological polar surface area (TPSA) is 43.6 Å². The number of hydrogen-bond acceptors (Lipinski definition) is 3. The van der Waals surface area contributed by atoms with Crippen LogP contribution in [0, 0.1) is 0 Å². The lowest BCUT2D eigenvalue weighted by molar-refractivity contribution is 0.746. The molecule has 11 rings (SSSR count). The SMILES string of the molecule is c1ccc(-c2cc(-c3ccc4c(c3)C3(c5ccccc5-4)c4ccccc4-n4c(-c5ccccc5)nc5cccc3c54)nc(-c3ccccc3)n2)cc1. The van der Waals surface area contributed by atoms with Crippen LogP contribution in [0.15, 0.2) is 182 Å². The Morgan fingerprint density at radius 1 is 0.385 bits per heavy atom. The van der Waals surface area contributed by atoms with Crippen molar-refractivity contribution >= 4 is 11.0 Å². The number of para-hydroxylation sites is 2. The van der Waals surface area contributed by atoms with Crippen molar-refractivity contribution in [2.24, 2.45) is 0 Å². The van der Waals surface area contributed by atoms with Crippen LogP contribution in [0.5, 0.6) is 0 Å². The van der Waals surface area contributed by atoms with Gasteiger partial charge in [0.25, 0.3) is 0 Å². The summed E-state index contributed by atoms with van der Waals surface area (Å²) < 4.78 is 2.38. The summed E-state index contributed by atoms with van der Waals surface area (Å²) in [4.78, 5) is 15.6. The highest BCUT2D eigenvalue weighted by atomic mass is 15.1. The number of nitrogens with zero attached hydrogens (tertiary/aromatic N) is 4. The molecule has 9 aromatic rings. The third kappa shape index (κ3) is 4.00. The average Bonchev–Trinajstić information content (AvgIpc) is 3.76. The van der Waals surface area contributed by atoms with Gasteiger partial charge in [-0.25, -0.2) is 15.0 Å². The molecule has 242 valence electrons. The van der Waals surface area contributed by atoms with Crippen LogP contribution in [0.4, 0.5) is 0 Å². The maximum atomic E-state index is 5.31. The largest absolute Gasteiger partial charge is 0.292 e. The Kier molecular flexibility index (Phi) is 6.13. The molecule has 1 spiro atoms. The molecule has 2 aromatic heterocycles. The lowest BCUT2D eigenvalue weighted by atomic mass is 9.65. The quantitative estimate of drug-likeness (QED) is 0.188. The molecule has 0 fully saturated rings. The van der Waals surface area contributed by atoms with Crippen molar-refractivity contribution in [2.75, 3.05) is 0 Å². The molecule has 0 bridgehead atoms. The van der Waals surface area contributed by atoms with Crippen LogP contribution in [0.25, 0.3) is 73.1 Å². The van der Waals surface area contributed by atoms with Gasteiger partial charge in [-0.2, -0.15) is 0 Å². The summed E-state index contributed by atoms with van der Waals surface area (Å²) in [5, 5.41) is 0. The van der Waals surface area contributed by atoms with Crippen molar-refractivity contribution in [1.82, 2.24) is 19.5 Å². The lowest BCUT2D eigenvalue weighted by Gasteiger charge is -2.39. The van der Waals surface area contributed by atoms with Gasteiger partial charge in [-0.05, 0) is 57.6 Å². The van der Waals surface area contributed by atoms with E-state index in [4.69, 9.17) is 15.0 Å². The van der Waals surface area contributed by atoms with Crippen LogP contribution < -0.4 is 0 Å². The van der Waals surface area contributed by atoms with Crippen LogP contribution in [0.1, 0.15) is 22.3 Å². The molecule has 3 heterocycles. The smallest absolute Gasteiger partial charge is 0.160 e. The fourth-order valence-corrected chi connectivity index (χ4v) is 8.66. The lowest BCUT2D eigenvalue weighted by Crippen LogP contribution is -2.33. The maximum absolute atomic E-state index is 5.31. The molecule has 52 heavy (non-hydrogen) atoms. The van der Waals surface area contributed by atoms with Crippen LogP contribution in [-0.4, -0.2) is 19.5 Å². The van der Waals surface area contributed by atoms with Gasteiger partial charge in [-0.3, -0.25) is 4.57 Å². The van der Waals surface area contributed by atoms with E-state index in [1.165, 1.54) is 33.4 Å². The Hall–Kier alpha value is -6.91. The van der Waals surface area contributed by atoms with Crippen molar-refractivity contribution in [3.8, 4) is 62.1 Å². The maximum Gasteiger partial charge on any atom is 0.160 e. The number of fused-ring (bicyclic) bond motifs is 9. The van der Waals surface area contributed by atoms with Crippen molar-refractivity contribution < 1.29 is 0 Å². The Labute approximate surface area is 301 Å². The average molecular weight is 663 g/mol. The van der Waals surface area contributed by atoms with E-state index < -0.39 is 5.41 Å². The number of benzene rings is 7. The number of rotatable bonds is 4. The predicted molar refractivity (Wildman–Crippen MR) is 209 cm³/mol. The number of hydrogen-bond donors (Lipinski definition) is 0. The monoisotopic (exact) mass is 662 g/mol. The summed E-state index contributed by atoms with van der Waals surface area (Å²) >= 11 is 0. The molecule has 1 unspecified atom stereocenters. The highest BCUT2D eigenvalue weighted by Crippen LogP contribution is 2.61. The van der Waals surface area contributed by atoms with Crippen LogP contribution >= 0.6 is 0 Å². The molecule has 4 heteroatoms. The zero-order valence-electron chi connectivity index (χ0n) is 28.1. The van der Waals surface area contributed by atoms with Gasteiger partial charge < -0.3 is 0 Å². The van der Waals surface area contributed by atoms with Gasteiger partial charge in [0.15, 0.2) is 5.82 Å². The first-order valence-electron chi connectivity index (χ1n) is 17.7. The predicted octanol–water partition coefficient (Wildman–Crippen LogP) is 11.2. The van der Waals surface area contributed by atoms with Crippen molar-refractivity contribution in [3.63, 3.8) is 0 Å². The van der Waals surface area contributed by atoms with E-state index in [0.29, 0.717) is 5.82 Å². The Morgan fingerprint density at radius 2 is 0.981 bits per heavy atom. The third-order valence-electron chi connectivity index (χ3n) is 10.8. The molecule has 0 amide bonds. The summed E-state index contributed by atoms with van der Waals surface area (Å²) in [6.07, 6.45) is 0. The first-order valence-corrected chi connectivity index (χ1v) is 17.7. The summed E-state index contributed by atoms with van der Waals surface area (Å²) in [5.74, 6) is 1.66. The van der Waals surface area contributed by atoms with Crippen LogP contribution in [-0.2, 0) is 5.41 Å². The minimum absolute atomic E-state index is 0.570. The second kappa shape index (κ2) is 11.0. The molecule has 1 atom stereocenters. The van der Waals surface area contributed by atoms with Gasteiger partial charge in [0.1, 0.15) is 5.82 Å². The van der Waals surface area contributed by atoms with Gasteiger partial charge in [0.05, 0.1) is 33.5 Å². The van der Waals surface area contributed by atoms with E-state index in [9.17, 15) is 0 Å². The molecule has 1 aliphatic carbocycles. The molecule has 0 saturated carbocycles. The fourth-order valence-electron chi connectivity index (χ4n) is 8.66. The first kappa shape index (κ1) is 28.9. The summed E-state index contributed by atoms with van der Waals surface area (Å²) in [6.45, 7) is 0. The second-order valence-corrected chi connectivity index (χ2v) is 13.6. The molecular weight excluding hydrogens is 633 g/mol. The molecule has 0 saturated heterocycles. The zero-order valence-corrected chi connectivity index (χ0v) is 28.1. The zero-order chi connectivity index (χ0) is 34.2. The van der Waals surface area contributed by atoms with E-state index in [1.807, 2.05) is 24.3 Å². The fraction of sp³-hybridized carbons (Fsp3) is 0.0208. The van der Waals surface area contributed by atoms with Gasteiger partial charge in [-0.15, -0.1) is 0 Å². The van der Waals surface area contributed by atoms with Crippen molar-refractivity contribution in [1.29, 1.82) is 0 Å². The van der Waals surface area contributed by atoms with Crippen LogP contribution in [0.2, 0.25) is 0 Å². The Bertz CT molecular complexity index is 2780. The van der Waals surface area contributed by atoms with E-state index in [0.717, 1.165) is 56.2 Å². The third-order valence-corrected chi connectivity index (χ3v) is 10.8. The van der Waals surface area contributed by atoms with Crippen LogP contribution in [0.3, 0.4) is 0 Å². The minimum atomic E-state index is -0.570. The van der Waals surface area contributed by atoms with Gasteiger partial charge >= 0.3 is 0 Å². The summed E-state index contributed by atoms with van der Waals surface area (Å²) in [6, 6.07) is 64.7. The molecule has 1 aliphatic heterocycles. The first-order chi connectivity index (χ1) is 25.8. The van der Waals surface area contributed by atoms with Gasteiger partial charge in [0.2, 0.25) is 0 Å². The minimum Gasteiger partial charge on any atom is -0.292 e.